The van der Waals surface area contributed by atoms with Crippen LogP contribution in [0.25, 0.3) is 0 Å². The molecule has 90 valence electrons. The molecule has 2 aromatic rings. The Labute approximate surface area is 102 Å². The molecule has 2 atom stereocenters. The third-order valence-corrected chi connectivity index (χ3v) is 2.69. The summed E-state index contributed by atoms with van der Waals surface area (Å²) in [7, 11) is 0. The maximum atomic E-state index is 4.34. The first kappa shape index (κ1) is 11.8. The maximum Gasteiger partial charge on any atom is 0.0570 e. The number of nitrogens with zero attached hydrogens (tertiary/aromatic N) is 3. The Morgan fingerprint density at radius 1 is 1.24 bits per heavy atom. The zero-order valence-electron chi connectivity index (χ0n) is 10.2. The van der Waals surface area contributed by atoms with Crippen molar-refractivity contribution in [1.82, 2.24) is 20.1 Å². The second kappa shape index (κ2) is 5.59. The molecule has 1 N–H and O–H groups in total. The molecule has 17 heavy (non-hydrogen) atoms. The molecule has 2 rings (SSSR count). The van der Waals surface area contributed by atoms with Crippen LogP contribution in [0.1, 0.15) is 25.6 Å². The van der Waals surface area contributed by atoms with Crippen LogP contribution in [0.15, 0.2) is 42.9 Å². The van der Waals surface area contributed by atoms with Crippen molar-refractivity contribution in [2.45, 2.75) is 32.5 Å². The summed E-state index contributed by atoms with van der Waals surface area (Å²) >= 11 is 0. The fraction of sp³-hybridized carbons (Fsp3) is 0.385. The van der Waals surface area contributed by atoms with Gasteiger partial charge in [-0.25, -0.2) is 0 Å². The van der Waals surface area contributed by atoms with E-state index in [0.29, 0.717) is 6.04 Å². The van der Waals surface area contributed by atoms with E-state index in [1.54, 1.807) is 6.20 Å². The van der Waals surface area contributed by atoms with Crippen LogP contribution in [0, 0.1) is 0 Å². The van der Waals surface area contributed by atoms with E-state index in [1.165, 1.54) is 0 Å². The molecule has 0 fully saturated rings. The zero-order chi connectivity index (χ0) is 12.1. The van der Waals surface area contributed by atoms with E-state index >= 15 is 0 Å². The number of nitrogens with one attached hydrogen (secondary N) is 1. The quantitative estimate of drug-likeness (QED) is 0.854. The Bertz CT molecular complexity index is 424. The molecule has 4 nitrogen and oxygen atoms in total. The van der Waals surface area contributed by atoms with Crippen LogP contribution in [0.5, 0.6) is 0 Å². The van der Waals surface area contributed by atoms with E-state index in [4.69, 9.17) is 0 Å². The van der Waals surface area contributed by atoms with Gasteiger partial charge in [-0.15, -0.1) is 0 Å². The van der Waals surface area contributed by atoms with Crippen molar-refractivity contribution in [3.05, 3.63) is 48.5 Å². The Morgan fingerprint density at radius 3 is 2.76 bits per heavy atom. The van der Waals surface area contributed by atoms with Gasteiger partial charge in [-0.05, 0) is 32.0 Å². The molecule has 2 aromatic heterocycles. The number of hydrogen-bond donors (Lipinski definition) is 1. The van der Waals surface area contributed by atoms with Gasteiger partial charge in [0.1, 0.15) is 0 Å². The Balaban J connectivity index is 1.88. The summed E-state index contributed by atoms with van der Waals surface area (Å²) in [6, 6.07) is 8.53. The van der Waals surface area contributed by atoms with Gasteiger partial charge in [-0.3, -0.25) is 9.67 Å². The molecule has 4 heteroatoms. The average Bonchev–Trinajstić information content (AvgIpc) is 2.82. The van der Waals surface area contributed by atoms with Crippen LogP contribution in [-0.2, 0) is 6.54 Å². The lowest BCUT2D eigenvalue weighted by Gasteiger charge is -2.19. The van der Waals surface area contributed by atoms with Crippen molar-refractivity contribution >= 4 is 0 Å². The minimum Gasteiger partial charge on any atom is -0.304 e. The Kier molecular flexibility index (Phi) is 3.88. The molecule has 0 saturated heterocycles. The SMILES string of the molecule is CC(Cn1cccn1)NC(C)c1ccccn1. The number of hydrogen-bond acceptors (Lipinski definition) is 3. The number of rotatable bonds is 5. The maximum absolute atomic E-state index is 4.34. The van der Waals surface area contributed by atoms with Crippen molar-refractivity contribution in [2.75, 3.05) is 0 Å². The van der Waals surface area contributed by atoms with Gasteiger partial charge < -0.3 is 5.32 Å². The topological polar surface area (TPSA) is 42.7 Å². The first-order chi connectivity index (χ1) is 8.25. The lowest BCUT2D eigenvalue weighted by atomic mass is 10.2. The van der Waals surface area contributed by atoms with Gasteiger partial charge in [0.2, 0.25) is 0 Å². The highest BCUT2D eigenvalue weighted by atomic mass is 15.3. The number of aromatic nitrogens is 3. The molecule has 0 saturated carbocycles. The summed E-state index contributed by atoms with van der Waals surface area (Å²) in [6.45, 7) is 5.15. The second-order valence-corrected chi connectivity index (χ2v) is 4.27. The predicted octanol–water partition coefficient (Wildman–Crippen LogP) is 2.02. The van der Waals surface area contributed by atoms with E-state index < -0.39 is 0 Å². The minimum atomic E-state index is 0.252. The molecular weight excluding hydrogens is 212 g/mol. The van der Waals surface area contributed by atoms with Crippen molar-refractivity contribution < 1.29 is 0 Å². The van der Waals surface area contributed by atoms with Gasteiger partial charge in [-0.2, -0.15) is 5.10 Å². The van der Waals surface area contributed by atoms with E-state index in [0.717, 1.165) is 12.2 Å². The van der Waals surface area contributed by atoms with Crippen LogP contribution in [0.4, 0.5) is 0 Å². The summed E-state index contributed by atoms with van der Waals surface area (Å²) in [4.78, 5) is 4.34. The summed E-state index contributed by atoms with van der Waals surface area (Å²) in [5.74, 6) is 0. The minimum absolute atomic E-state index is 0.252. The molecule has 0 bridgehead atoms. The van der Waals surface area contributed by atoms with E-state index in [1.807, 2.05) is 41.3 Å². The zero-order valence-corrected chi connectivity index (χ0v) is 10.2. The largest absolute Gasteiger partial charge is 0.304 e. The Morgan fingerprint density at radius 2 is 2.12 bits per heavy atom. The van der Waals surface area contributed by atoms with Crippen molar-refractivity contribution in [2.24, 2.45) is 0 Å². The second-order valence-electron chi connectivity index (χ2n) is 4.27. The Hall–Kier alpha value is -1.68. The van der Waals surface area contributed by atoms with Crippen molar-refractivity contribution in [3.63, 3.8) is 0 Å². The van der Waals surface area contributed by atoms with E-state index in [-0.39, 0.29) is 6.04 Å². The molecule has 0 amide bonds. The predicted molar refractivity (Wildman–Crippen MR) is 67.5 cm³/mol. The molecule has 2 unspecified atom stereocenters. The summed E-state index contributed by atoms with van der Waals surface area (Å²) in [5.41, 5.74) is 1.07. The van der Waals surface area contributed by atoms with Crippen LogP contribution in [0.3, 0.4) is 0 Å². The summed E-state index contributed by atoms with van der Waals surface area (Å²) in [6.07, 6.45) is 5.60. The van der Waals surface area contributed by atoms with Crippen LogP contribution < -0.4 is 5.32 Å². The van der Waals surface area contributed by atoms with Gasteiger partial charge in [0, 0.05) is 30.7 Å². The van der Waals surface area contributed by atoms with Crippen molar-refractivity contribution in [3.8, 4) is 0 Å². The molecule has 0 spiro atoms. The highest BCUT2D eigenvalue weighted by Crippen LogP contribution is 2.09. The van der Waals surface area contributed by atoms with Crippen molar-refractivity contribution in [1.29, 1.82) is 0 Å². The first-order valence-electron chi connectivity index (χ1n) is 5.90. The molecule has 0 aliphatic carbocycles. The molecule has 0 aliphatic heterocycles. The molecular formula is C13H18N4. The van der Waals surface area contributed by atoms with Crippen LogP contribution in [-0.4, -0.2) is 20.8 Å². The highest BCUT2D eigenvalue weighted by Gasteiger charge is 2.10. The standard InChI is InChI=1S/C13H18N4/c1-11(10-17-9-5-8-15-17)16-12(2)13-6-3-4-7-14-13/h3-9,11-12,16H,10H2,1-2H3. The average molecular weight is 230 g/mol. The third-order valence-electron chi connectivity index (χ3n) is 2.69. The highest BCUT2D eigenvalue weighted by molar-refractivity contribution is 5.07. The van der Waals surface area contributed by atoms with Gasteiger partial charge in [0.15, 0.2) is 0 Å². The first-order valence-corrected chi connectivity index (χ1v) is 5.90. The fourth-order valence-corrected chi connectivity index (χ4v) is 1.89. The fourth-order valence-electron chi connectivity index (χ4n) is 1.89. The van der Waals surface area contributed by atoms with Gasteiger partial charge in [0.25, 0.3) is 0 Å². The molecule has 2 heterocycles. The van der Waals surface area contributed by atoms with Gasteiger partial charge in [-0.1, -0.05) is 6.07 Å². The smallest absolute Gasteiger partial charge is 0.0570 e. The summed E-state index contributed by atoms with van der Waals surface area (Å²) in [5, 5.41) is 7.71. The van der Waals surface area contributed by atoms with Crippen LogP contribution in [0.2, 0.25) is 0 Å². The van der Waals surface area contributed by atoms with Crippen LogP contribution >= 0.6 is 0 Å². The molecule has 0 aliphatic rings. The lowest BCUT2D eigenvalue weighted by molar-refractivity contribution is 0.409. The summed E-state index contributed by atoms with van der Waals surface area (Å²) < 4.78 is 1.93. The van der Waals surface area contributed by atoms with Gasteiger partial charge >= 0.3 is 0 Å². The molecule has 0 aromatic carbocycles. The van der Waals surface area contributed by atoms with Gasteiger partial charge in [0.05, 0.1) is 12.2 Å². The molecule has 0 radical (unpaired) electrons. The third kappa shape index (κ3) is 3.39. The van der Waals surface area contributed by atoms with E-state index in [9.17, 15) is 0 Å². The lowest BCUT2D eigenvalue weighted by Crippen LogP contribution is -2.33. The number of pyridine rings is 1. The monoisotopic (exact) mass is 230 g/mol. The van der Waals surface area contributed by atoms with E-state index in [2.05, 4.69) is 29.2 Å². The normalized spacial score (nSPS) is 14.5.